The van der Waals surface area contributed by atoms with E-state index >= 15 is 0 Å². The summed E-state index contributed by atoms with van der Waals surface area (Å²) >= 11 is 0. The fourth-order valence-corrected chi connectivity index (χ4v) is 4.72. The number of amides is 3. The second kappa shape index (κ2) is 12.0. The lowest BCUT2D eigenvalue weighted by atomic mass is 10.0. The fraction of sp³-hybridized carbons (Fsp3) is 0.517. The molecule has 2 heterocycles. The van der Waals surface area contributed by atoms with E-state index in [2.05, 4.69) is 9.97 Å². The molecule has 2 fully saturated rings. The molecule has 1 aromatic heterocycles. The Balaban J connectivity index is 1.42. The molecular formula is C29H35FN6O4. The van der Waals surface area contributed by atoms with Crippen LogP contribution < -0.4 is 0 Å². The largest absolute Gasteiger partial charge is 0.444 e. The predicted octanol–water partition coefficient (Wildman–Crippen LogP) is 4.27. The molecular weight excluding hydrogens is 515 g/mol. The third-order valence-electron chi connectivity index (χ3n) is 6.95. The van der Waals surface area contributed by atoms with Gasteiger partial charge in [-0.25, -0.2) is 19.2 Å². The molecule has 0 bridgehead atoms. The lowest BCUT2D eigenvalue weighted by Gasteiger charge is -2.39. The van der Waals surface area contributed by atoms with E-state index in [1.165, 1.54) is 36.5 Å². The number of nitrogens with zero attached hydrogens (tertiary/aromatic N) is 6. The van der Waals surface area contributed by atoms with Crippen LogP contribution >= 0.6 is 0 Å². The first-order valence-corrected chi connectivity index (χ1v) is 13.5. The zero-order chi connectivity index (χ0) is 29.0. The topological polar surface area (TPSA) is 120 Å². The Morgan fingerprint density at radius 3 is 2.25 bits per heavy atom. The van der Waals surface area contributed by atoms with Gasteiger partial charge in [0.25, 0.3) is 11.8 Å². The second-order valence-corrected chi connectivity index (χ2v) is 11.3. The number of piperidine rings is 1. The molecule has 10 nitrogen and oxygen atoms in total. The summed E-state index contributed by atoms with van der Waals surface area (Å²) in [4.78, 5) is 51.9. The van der Waals surface area contributed by atoms with Crippen LogP contribution in [0.1, 0.15) is 73.6 Å². The van der Waals surface area contributed by atoms with Crippen LogP contribution in [0.25, 0.3) is 11.4 Å². The van der Waals surface area contributed by atoms with Gasteiger partial charge in [0.05, 0.1) is 23.6 Å². The maximum atomic E-state index is 14.8. The number of halogens is 1. The Bertz CT molecular complexity index is 1290. The minimum absolute atomic E-state index is 0.00355. The van der Waals surface area contributed by atoms with Gasteiger partial charge in [-0.15, -0.1) is 0 Å². The maximum Gasteiger partial charge on any atom is 0.410 e. The standard InChI is InChI=1S/C29H35FN6O4/c1-29(2,3)40-28(39)35-14-10-22(11-15-35)36(21-7-8-21)26(37)20-17-32-25(33-18-20)19-6-9-23(24(30)16-19)27(38)34(4)13-5-12-31/h6,9,16-18,21-22H,5,7-8,10-11,13-15H2,1-4H3. The Morgan fingerprint density at radius 1 is 1.07 bits per heavy atom. The Kier molecular flexibility index (Phi) is 8.67. The van der Waals surface area contributed by atoms with Crippen molar-refractivity contribution in [3.8, 4) is 17.5 Å². The molecule has 2 aromatic rings. The monoisotopic (exact) mass is 550 g/mol. The molecule has 1 saturated heterocycles. The van der Waals surface area contributed by atoms with Crippen LogP contribution in [0.4, 0.5) is 9.18 Å². The average Bonchev–Trinajstić information content (AvgIpc) is 3.76. The van der Waals surface area contributed by atoms with Crippen molar-refractivity contribution in [1.29, 1.82) is 5.26 Å². The number of hydrogen-bond donors (Lipinski definition) is 0. The number of carbonyl (C=O) groups excluding carboxylic acids is 3. The highest BCUT2D eigenvalue weighted by Crippen LogP contribution is 2.33. The number of carbonyl (C=O) groups is 3. The van der Waals surface area contributed by atoms with Crippen molar-refractivity contribution in [3.05, 3.63) is 47.5 Å². The van der Waals surface area contributed by atoms with Gasteiger partial charge in [-0.1, -0.05) is 6.07 Å². The zero-order valence-electron chi connectivity index (χ0n) is 23.4. The average molecular weight is 551 g/mol. The molecule has 1 aliphatic heterocycles. The van der Waals surface area contributed by atoms with Crippen LogP contribution in [0.5, 0.6) is 0 Å². The minimum atomic E-state index is -0.715. The van der Waals surface area contributed by atoms with E-state index in [4.69, 9.17) is 10.00 Å². The van der Waals surface area contributed by atoms with Gasteiger partial charge in [0, 0.05) is 56.7 Å². The van der Waals surface area contributed by atoms with Crippen LogP contribution in [-0.2, 0) is 4.74 Å². The summed E-state index contributed by atoms with van der Waals surface area (Å²) in [6.07, 6.45) is 5.92. The van der Waals surface area contributed by atoms with E-state index in [0.717, 1.165) is 12.8 Å². The maximum absolute atomic E-state index is 14.8. The first-order chi connectivity index (χ1) is 19.0. The van der Waals surface area contributed by atoms with Crippen LogP contribution in [-0.4, -0.2) is 86.9 Å². The van der Waals surface area contributed by atoms with Crippen molar-refractivity contribution in [2.24, 2.45) is 0 Å². The summed E-state index contributed by atoms with van der Waals surface area (Å²) < 4.78 is 20.3. The van der Waals surface area contributed by atoms with Crippen molar-refractivity contribution in [1.82, 2.24) is 24.7 Å². The van der Waals surface area contributed by atoms with E-state index in [9.17, 15) is 18.8 Å². The van der Waals surface area contributed by atoms with Gasteiger partial charge in [-0.3, -0.25) is 9.59 Å². The number of hydrogen-bond acceptors (Lipinski definition) is 7. The van der Waals surface area contributed by atoms with Gasteiger partial charge >= 0.3 is 6.09 Å². The third kappa shape index (κ3) is 6.92. The van der Waals surface area contributed by atoms with Crippen molar-refractivity contribution < 1.29 is 23.5 Å². The van der Waals surface area contributed by atoms with E-state index in [0.29, 0.717) is 37.1 Å². The smallest absolute Gasteiger partial charge is 0.410 e. The number of ether oxygens (including phenoxy) is 1. The predicted molar refractivity (Wildman–Crippen MR) is 145 cm³/mol. The number of likely N-dealkylation sites (tertiary alicyclic amines) is 1. The summed E-state index contributed by atoms with van der Waals surface area (Å²) in [6, 6.07) is 6.25. The summed E-state index contributed by atoms with van der Waals surface area (Å²) in [5.41, 5.74) is 0.0584. The molecule has 11 heteroatoms. The number of aromatic nitrogens is 2. The van der Waals surface area contributed by atoms with Crippen LogP contribution in [0, 0.1) is 17.1 Å². The molecule has 2 aliphatic rings. The highest BCUT2D eigenvalue weighted by molar-refractivity contribution is 5.95. The molecule has 1 saturated carbocycles. The Labute approximate surface area is 233 Å². The van der Waals surface area contributed by atoms with Crippen LogP contribution in [0.3, 0.4) is 0 Å². The lowest BCUT2D eigenvalue weighted by Crippen LogP contribution is -2.50. The fourth-order valence-electron chi connectivity index (χ4n) is 4.72. The number of nitriles is 1. The molecule has 0 N–H and O–H groups in total. The van der Waals surface area contributed by atoms with Crippen LogP contribution in [0.2, 0.25) is 0 Å². The van der Waals surface area contributed by atoms with Crippen LogP contribution in [0.15, 0.2) is 30.6 Å². The zero-order valence-corrected chi connectivity index (χ0v) is 23.4. The molecule has 40 heavy (non-hydrogen) atoms. The van der Waals surface area contributed by atoms with Gasteiger partial charge in [-0.05, 0) is 58.6 Å². The van der Waals surface area contributed by atoms with E-state index < -0.39 is 17.3 Å². The van der Waals surface area contributed by atoms with Gasteiger partial charge in [0.2, 0.25) is 0 Å². The Morgan fingerprint density at radius 2 is 1.70 bits per heavy atom. The molecule has 0 atom stereocenters. The first kappa shape index (κ1) is 28.9. The second-order valence-electron chi connectivity index (χ2n) is 11.3. The Hall–Kier alpha value is -4.07. The quantitative estimate of drug-likeness (QED) is 0.505. The molecule has 4 rings (SSSR count). The van der Waals surface area contributed by atoms with Crippen molar-refractivity contribution >= 4 is 17.9 Å². The van der Waals surface area contributed by atoms with Gasteiger partial charge in [0.1, 0.15) is 11.4 Å². The highest BCUT2D eigenvalue weighted by Gasteiger charge is 2.40. The summed E-state index contributed by atoms with van der Waals surface area (Å²) in [6.45, 7) is 6.75. The van der Waals surface area contributed by atoms with Gasteiger partial charge in [-0.2, -0.15) is 5.26 Å². The molecule has 0 spiro atoms. The number of rotatable bonds is 7. The molecule has 1 aliphatic carbocycles. The normalized spacial score (nSPS) is 15.8. The summed E-state index contributed by atoms with van der Waals surface area (Å²) in [5, 5.41) is 8.71. The van der Waals surface area contributed by atoms with Crippen molar-refractivity contribution in [2.75, 3.05) is 26.7 Å². The summed E-state index contributed by atoms with van der Waals surface area (Å²) in [5.74, 6) is -1.15. The number of benzene rings is 1. The van der Waals surface area contributed by atoms with E-state index in [1.54, 1.807) is 11.0 Å². The van der Waals surface area contributed by atoms with Gasteiger partial charge < -0.3 is 19.4 Å². The van der Waals surface area contributed by atoms with E-state index in [-0.39, 0.29) is 48.4 Å². The first-order valence-electron chi connectivity index (χ1n) is 13.5. The molecule has 1 aromatic carbocycles. The molecule has 0 radical (unpaired) electrons. The molecule has 3 amide bonds. The molecule has 212 valence electrons. The minimum Gasteiger partial charge on any atom is -0.444 e. The third-order valence-corrected chi connectivity index (χ3v) is 6.95. The van der Waals surface area contributed by atoms with Gasteiger partial charge in [0.15, 0.2) is 5.82 Å². The molecule has 0 unspecified atom stereocenters. The van der Waals surface area contributed by atoms with Crippen molar-refractivity contribution in [2.45, 2.75) is 70.6 Å². The lowest BCUT2D eigenvalue weighted by molar-refractivity contribution is 0.0142. The van der Waals surface area contributed by atoms with Crippen molar-refractivity contribution in [3.63, 3.8) is 0 Å². The van der Waals surface area contributed by atoms with E-state index in [1.807, 2.05) is 31.7 Å². The highest BCUT2D eigenvalue weighted by atomic mass is 19.1. The summed E-state index contributed by atoms with van der Waals surface area (Å²) in [7, 11) is 1.52. The SMILES string of the molecule is CN(CCC#N)C(=O)c1ccc(-c2ncc(C(=O)N(C3CC3)C3CCN(C(=O)OC(C)(C)C)CC3)cn2)cc1F.